The molecule has 0 saturated carbocycles. The lowest BCUT2D eigenvalue weighted by molar-refractivity contribution is -0.0411. The van der Waals surface area contributed by atoms with Crippen LogP contribution in [0.4, 0.5) is 0 Å². The van der Waals surface area contributed by atoms with Crippen molar-refractivity contribution in [1.82, 2.24) is 0 Å². The number of hydrogen-bond acceptors (Lipinski definition) is 2. The molecule has 0 rings (SSSR count). The maximum absolute atomic E-state index is 4.74. The highest BCUT2D eigenvalue weighted by atomic mass is 28.1. The van der Waals surface area contributed by atoms with Gasteiger partial charge in [-0.25, -0.2) is 0 Å². The zero-order valence-corrected chi connectivity index (χ0v) is 9.10. The second-order valence-electron chi connectivity index (χ2n) is 1.75. The van der Waals surface area contributed by atoms with Gasteiger partial charge in [-0.1, -0.05) is 20.3 Å². The molecule has 0 saturated heterocycles. The Kier molecular flexibility index (Phi) is 14.5. The van der Waals surface area contributed by atoms with Gasteiger partial charge in [0.15, 0.2) is 0 Å². The van der Waals surface area contributed by atoms with Crippen LogP contribution in [0, 0.1) is 0 Å². The maximum atomic E-state index is 4.74. The average molecular weight is 150 g/mol. The maximum Gasteiger partial charge on any atom is 0.130 e. The summed E-state index contributed by atoms with van der Waals surface area (Å²) in [5, 5.41) is 0. The minimum absolute atomic E-state index is 0.0741. The quantitative estimate of drug-likeness (QED) is 0.417. The minimum Gasteiger partial charge on any atom is -0.361 e. The van der Waals surface area contributed by atoms with E-state index in [1.54, 1.807) is 14.2 Å². The van der Waals surface area contributed by atoms with Gasteiger partial charge in [-0.15, -0.1) is 0 Å². The van der Waals surface area contributed by atoms with E-state index in [1.807, 2.05) is 0 Å². The van der Waals surface area contributed by atoms with Gasteiger partial charge in [0.25, 0.3) is 0 Å². The van der Waals surface area contributed by atoms with Crippen molar-refractivity contribution >= 4 is 10.2 Å². The molecule has 0 spiro atoms. The Morgan fingerprint density at radius 3 is 1.44 bits per heavy atom. The van der Waals surface area contributed by atoms with Gasteiger partial charge in [0.2, 0.25) is 0 Å². The van der Waals surface area contributed by atoms with Crippen LogP contribution in [0.5, 0.6) is 0 Å². The summed E-state index contributed by atoms with van der Waals surface area (Å²) in [5.74, 6) is 0.0741. The molecular weight excluding hydrogens is 132 g/mol. The molecule has 0 aliphatic rings. The number of hydrogen-bond donors (Lipinski definition) is 0. The summed E-state index contributed by atoms with van der Waals surface area (Å²) in [7, 11) is 4.23. The predicted octanol–water partition coefficient (Wildman–Crippen LogP) is 0.344. The van der Waals surface area contributed by atoms with Crippen LogP contribution in [-0.4, -0.2) is 30.4 Å². The fourth-order valence-corrected chi connectivity index (χ4v) is 0.0962. The summed E-state index contributed by atoms with van der Waals surface area (Å²) < 4.78 is 9.48. The molecule has 0 bridgehead atoms. The Morgan fingerprint density at radius 2 is 1.44 bits per heavy atom. The lowest BCUT2D eigenvalue weighted by atomic mass is 10.6. The van der Waals surface area contributed by atoms with Crippen molar-refractivity contribution in [3.8, 4) is 0 Å². The van der Waals surface area contributed by atoms with Crippen LogP contribution < -0.4 is 0 Å². The van der Waals surface area contributed by atoms with Crippen molar-refractivity contribution in [2.75, 3.05) is 14.2 Å². The van der Waals surface area contributed by atoms with E-state index in [4.69, 9.17) is 9.47 Å². The molecule has 0 aliphatic carbocycles. The number of methoxy groups -OCH3 is 2. The van der Waals surface area contributed by atoms with Crippen molar-refractivity contribution in [1.29, 1.82) is 0 Å². The van der Waals surface area contributed by atoms with Gasteiger partial charge < -0.3 is 9.47 Å². The first-order valence-corrected chi connectivity index (χ1v) is 4.43. The van der Waals surface area contributed by atoms with E-state index < -0.39 is 0 Å². The fourth-order valence-electron chi connectivity index (χ4n) is 0.0962. The first-order chi connectivity index (χ1) is 4.22. The molecule has 0 fully saturated rings. The van der Waals surface area contributed by atoms with Gasteiger partial charge in [-0.3, -0.25) is 0 Å². The van der Waals surface area contributed by atoms with Crippen LogP contribution in [0.25, 0.3) is 0 Å². The molecule has 3 heteroatoms. The first-order valence-electron chi connectivity index (χ1n) is 3.28. The fraction of sp³-hybridized carbons (Fsp3) is 1.00. The summed E-state index contributed by atoms with van der Waals surface area (Å²) in [4.78, 5) is 0. The monoisotopic (exact) mass is 150 g/mol. The minimum atomic E-state index is 0.0741. The zero-order chi connectivity index (χ0) is 7.70. The molecule has 0 amide bonds. The van der Waals surface area contributed by atoms with Crippen LogP contribution in [0.1, 0.15) is 20.3 Å². The first kappa shape index (κ1) is 11.9. The van der Waals surface area contributed by atoms with Crippen LogP contribution >= 0.6 is 0 Å². The van der Waals surface area contributed by atoms with Gasteiger partial charge in [0.05, 0.1) is 10.2 Å². The molecule has 0 atom stereocenters. The van der Waals surface area contributed by atoms with Crippen molar-refractivity contribution in [2.45, 2.75) is 26.2 Å². The van der Waals surface area contributed by atoms with Gasteiger partial charge in [0, 0.05) is 14.2 Å². The lowest BCUT2D eigenvalue weighted by Gasteiger charge is -2.03. The van der Waals surface area contributed by atoms with Crippen LogP contribution in [0.15, 0.2) is 0 Å². The molecule has 9 heavy (non-hydrogen) atoms. The molecule has 0 radical (unpaired) electrons. The van der Waals surface area contributed by atoms with Gasteiger partial charge in [-0.05, 0) is 0 Å². The van der Waals surface area contributed by atoms with E-state index in [2.05, 4.69) is 13.8 Å². The molecule has 0 aliphatic heterocycles. The lowest BCUT2D eigenvalue weighted by Crippen LogP contribution is -2.11. The van der Waals surface area contributed by atoms with E-state index >= 15 is 0 Å². The summed E-state index contributed by atoms with van der Waals surface area (Å²) in [6, 6.07) is 0. The predicted molar refractivity (Wildman–Crippen MR) is 43.7 cm³/mol. The molecule has 0 aromatic carbocycles. The van der Waals surface area contributed by atoms with Gasteiger partial charge in [-0.2, -0.15) is 0 Å². The van der Waals surface area contributed by atoms with E-state index in [0.29, 0.717) is 0 Å². The number of rotatable bonds is 2. The SMILES string of the molecule is CCC.COC([SiH3])OC. The third-order valence-corrected chi connectivity index (χ3v) is 1.61. The van der Waals surface area contributed by atoms with E-state index in [0.717, 1.165) is 10.2 Å². The molecule has 0 aromatic heterocycles. The molecule has 0 N–H and O–H groups in total. The van der Waals surface area contributed by atoms with Crippen molar-refractivity contribution < 1.29 is 9.47 Å². The molecule has 0 heterocycles. The van der Waals surface area contributed by atoms with E-state index in [1.165, 1.54) is 6.42 Å². The second kappa shape index (κ2) is 11.0. The molecule has 58 valence electrons. The topological polar surface area (TPSA) is 18.5 Å². The van der Waals surface area contributed by atoms with Crippen molar-refractivity contribution in [3.05, 3.63) is 0 Å². The van der Waals surface area contributed by atoms with Crippen LogP contribution in [0.3, 0.4) is 0 Å². The normalized spacial score (nSPS) is 9.00. The summed E-state index contributed by atoms with van der Waals surface area (Å²) in [6.07, 6.45) is 1.25. The standard InChI is InChI=1S/C3H10O2Si.C3H8/c1-4-3(6)5-2;1-3-2/h3H,1-2,6H3;3H2,1-2H3. The molecule has 0 aromatic rings. The Hall–Kier alpha value is 0.137. The van der Waals surface area contributed by atoms with Crippen LogP contribution in [-0.2, 0) is 9.47 Å². The molecular formula is C6H18O2Si. The Balaban J connectivity index is 0. The second-order valence-corrected chi connectivity index (χ2v) is 2.69. The van der Waals surface area contributed by atoms with Gasteiger partial charge in [0.1, 0.15) is 5.91 Å². The Morgan fingerprint density at radius 1 is 1.22 bits per heavy atom. The number of ether oxygens (including phenoxy) is 2. The summed E-state index contributed by atoms with van der Waals surface area (Å²) in [5.41, 5.74) is 0. The van der Waals surface area contributed by atoms with Gasteiger partial charge >= 0.3 is 0 Å². The zero-order valence-electron chi connectivity index (χ0n) is 7.10. The average Bonchev–Trinajstić information content (AvgIpc) is 1.88. The van der Waals surface area contributed by atoms with E-state index in [9.17, 15) is 0 Å². The van der Waals surface area contributed by atoms with Crippen molar-refractivity contribution in [3.63, 3.8) is 0 Å². The summed E-state index contributed by atoms with van der Waals surface area (Å²) >= 11 is 0. The third-order valence-electron chi connectivity index (χ3n) is 0.664. The Bertz CT molecular complexity index is 38.0. The smallest absolute Gasteiger partial charge is 0.130 e. The van der Waals surface area contributed by atoms with E-state index in [-0.39, 0.29) is 5.91 Å². The highest BCUT2D eigenvalue weighted by Gasteiger charge is 1.87. The molecule has 2 nitrogen and oxygen atoms in total. The summed E-state index contributed by atoms with van der Waals surface area (Å²) in [6.45, 7) is 4.25. The third kappa shape index (κ3) is 17.9. The van der Waals surface area contributed by atoms with Crippen molar-refractivity contribution in [2.24, 2.45) is 0 Å². The molecule has 0 unspecified atom stereocenters. The Labute approximate surface area is 61.0 Å². The largest absolute Gasteiger partial charge is 0.361 e. The highest BCUT2D eigenvalue weighted by Crippen LogP contribution is 1.77. The highest BCUT2D eigenvalue weighted by molar-refractivity contribution is 6.09. The van der Waals surface area contributed by atoms with Crippen LogP contribution in [0.2, 0.25) is 0 Å².